The Bertz CT molecular complexity index is 442. The summed E-state index contributed by atoms with van der Waals surface area (Å²) in [6.07, 6.45) is 1.69. The number of ether oxygens (including phenoxy) is 1. The van der Waals surface area contributed by atoms with Gasteiger partial charge in [0.2, 0.25) is 0 Å². The lowest BCUT2D eigenvalue weighted by atomic mass is 9.99. The summed E-state index contributed by atoms with van der Waals surface area (Å²) < 4.78 is 5.66. The number of carbonyl (C=O) groups excluding carboxylic acids is 1. The maximum absolute atomic E-state index is 12.3. The lowest BCUT2D eigenvalue weighted by Gasteiger charge is -2.32. The third-order valence-corrected chi connectivity index (χ3v) is 3.79. The number of benzene rings is 1. The van der Waals surface area contributed by atoms with Gasteiger partial charge >= 0.3 is 0 Å². The molecule has 1 heterocycles. The van der Waals surface area contributed by atoms with E-state index in [1.54, 1.807) is 19.1 Å². The van der Waals surface area contributed by atoms with E-state index in [0.717, 1.165) is 25.9 Å². The Balaban J connectivity index is 1.92. The number of amides is 1. The van der Waals surface area contributed by atoms with Crippen LogP contribution in [0.4, 0.5) is 0 Å². The molecule has 1 fully saturated rings. The minimum Gasteiger partial charge on any atom is -0.481 e. The van der Waals surface area contributed by atoms with Gasteiger partial charge < -0.3 is 9.64 Å². The molecule has 1 aliphatic heterocycles. The quantitative estimate of drug-likeness (QED) is 0.850. The standard InChI is InChI=1S/C15H20ClNO2/c1-11-6-8-17(9-7-11)15(18)12(2)19-14-5-3-4-13(16)10-14/h3-5,10-12H,6-9H2,1-2H3/t12-/m1/s1. The van der Waals surface area contributed by atoms with Crippen molar-refractivity contribution in [1.29, 1.82) is 0 Å². The van der Waals surface area contributed by atoms with Crippen LogP contribution in [0.5, 0.6) is 5.75 Å². The van der Waals surface area contributed by atoms with Crippen LogP contribution >= 0.6 is 11.6 Å². The predicted octanol–water partition coefficient (Wildman–Crippen LogP) is 3.37. The van der Waals surface area contributed by atoms with E-state index >= 15 is 0 Å². The van der Waals surface area contributed by atoms with Crippen LogP contribution in [0.25, 0.3) is 0 Å². The highest BCUT2D eigenvalue weighted by molar-refractivity contribution is 6.30. The number of carbonyl (C=O) groups is 1. The van der Waals surface area contributed by atoms with Crippen LogP contribution in [0.2, 0.25) is 5.02 Å². The van der Waals surface area contributed by atoms with Crippen molar-refractivity contribution in [1.82, 2.24) is 4.90 Å². The van der Waals surface area contributed by atoms with Gasteiger partial charge in [-0.15, -0.1) is 0 Å². The van der Waals surface area contributed by atoms with E-state index < -0.39 is 6.10 Å². The second-order valence-corrected chi connectivity index (χ2v) is 5.66. The SMILES string of the molecule is CC1CCN(C(=O)[C@@H](C)Oc2cccc(Cl)c2)CC1. The van der Waals surface area contributed by atoms with Crippen molar-refractivity contribution >= 4 is 17.5 Å². The van der Waals surface area contributed by atoms with Crippen molar-refractivity contribution in [3.05, 3.63) is 29.3 Å². The first-order valence-electron chi connectivity index (χ1n) is 6.77. The van der Waals surface area contributed by atoms with Crippen LogP contribution in [0.15, 0.2) is 24.3 Å². The van der Waals surface area contributed by atoms with E-state index in [2.05, 4.69) is 6.92 Å². The van der Waals surface area contributed by atoms with Crippen molar-refractivity contribution in [3.63, 3.8) is 0 Å². The molecule has 19 heavy (non-hydrogen) atoms. The fourth-order valence-electron chi connectivity index (χ4n) is 2.28. The zero-order chi connectivity index (χ0) is 13.8. The Hall–Kier alpha value is -1.22. The Morgan fingerprint density at radius 3 is 2.74 bits per heavy atom. The van der Waals surface area contributed by atoms with Crippen molar-refractivity contribution in [2.75, 3.05) is 13.1 Å². The lowest BCUT2D eigenvalue weighted by Crippen LogP contribution is -2.44. The third kappa shape index (κ3) is 3.87. The molecule has 0 aromatic heterocycles. The van der Waals surface area contributed by atoms with Crippen molar-refractivity contribution in [3.8, 4) is 5.75 Å². The molecule has 0 bridgehead atoms. The summed E-state index contributed by atoms with van der Waals surface area (Å²) in [6, 6.07) is 7.14. The largest absolute Gasteiger partial charge is 0.481 e. The molecule has 0 N–H and O–H groups in total. The fraction of sp³-hybridized carbons (Fsp3) is 0.533. The van der Waals surface area contributed by atoms with Gasteiger partial charge in [-0.25, -0.2) is 0 Å². The molecule has 1 aliphatic rings. The molecule has 0 aliphatic carbocycles. The smallest absolute Gasteiger partial charge is 0.263 e. The Kier molecular flexibility index (Phi) is 4.70. The summed E-state index contributed by atoms with van der Waals surface area (Å²) in [5.74, 6) is 1.42. The number of halogens is 1. The monoisotopic (exact) mass is 281 g/mol. The molecule has 1 aromatic rings. The highest BCUT2D eigenvalue weighted by Gasteiger charge is 2.25. The minimum atomic E-state index is -0.466. The molecule has 1 amide bonds. The van der Waals surface area contributed by atoms with Gasteiger partial charge in [-0.3, -0.25) is 4.79 Å². The number of piperidine rings is 1. The molecular weight excluding hydrogens is 262 g/mol. The highest BCUT2D eigenvalue weighted by atomic mass is 35.5. The molecule has 4 heteroatoms. The van der Waals surface area contributed by atoms with E-state index in [1.807, 2.05) is 17.0 Å². The number of hydrogen-bond donors (Lipinski definition) is 0. The molecule has 0 saturated carbocycles. The van der Waals surface area contributed by atoms with Gasteiger partial charge in [0, 0.05) is 18.1 Å². The average Bonchev–Trinajstić information content (AvgIpc) is 2.39. The average molecular weight is 282 g/mol. The minimum absolute atomic E-state index is 0.0619. The van der Waals surface area contributed by atoms with Crippen molar-refractivity contribution in [2.45, 2.75) is 32.8 Å². The van der Waals surface area contributed by atoms with Gasteiger partial charge in [-0.05, 0) is 43.9 Å². The lowest BCUT2D eigenvalue weighted by molar-refractivity contribution is -0.139. The van der Waals surface area contributed by atoms with Gasteiger partial charge in [0.1, 0.15) is 5.75 Å². The van der Waals surface area contributed by atoms with E-state index in [4.69, 9.17) is 16.3 Å². The first kappa shape index (κ1) is 14.2. The summed E-state index contributed by atoms with van der Waals surface area (Å²) in [4.78, 5) is 14.2. The third-order valence-electron chi connectivity index (χ3n) is 3.55. The normalized spacial score (nSPS) is 18.2. The summed E-state index contributed by atoms with van der Waals surface area (Å²) in [6.45, 7) is 5.70. The second kappa shape index (κ2) is 6.29. The van der Waals surface area contributed by atoms with E-state index in [0.29, 0.717) is 16.7 Å². The van der Waals surface area contributed by atoms with Gasteiger partial charge in [-0.2, -0.15) is 0 Å². The Labute approximate surface area is 119 Å². The summed E-state index contributed by atoms with van der Waals surface area (Å²) in [5.41, 5.74) is 0. The van der Waals surface area contributed by atoms with Gasteiger partial charge in [0.15, 0.2) is 6.10 Å². The van der Waals surface area contributed by atoms with E-state index in [1.165, 1.54) is 0 Å². The molecule has 0 radical (unpaired) electrons. The molecule has 104 valence electrons. The van der Waals surface area contributed by atoms with E-state index in [-0.39, 0.29) is 5.91 Å². The maximum Gasteiger partial charge on any atom is 0.263 e. The highest BCUT2D eigenvalue weighted by Crippen LogP contribution is 2.20. The van der Waals surface area contributed by atoms with Crippen LogP contribution in [0.1, 0.15) is 26.7 Å². The van der Waals surface area contributed by atoms with Crippen molar-refractivity contribution < 1.29 is 9.53 Å². The number of nitrogens with zero attached hydrogens (tertiary/aromatic N) is 1. The molecular formula is C15H20ClNO2. The second-order valence-electron chi connectivity index (χ2n) is 5.23. The van der Waals surface area contributed by atoms with Gasteiger partial charge in [0.25, 0.3) is 5.91 Å². The number of hydrogen-bond acceptors (Lipinski definition) is 2. The number of rotatable bonds is 3. The zero-order valence-electron chi connectivity index (χ0n) is 11.4. The topological polar surface area (TPSA) is 29.5 Å². The zero-order valence-corrected chi connectivity index (χ0v) is 12.2. The Morgan fingerprint density at radius 2 is 2.11 bits per heavy atom. The van der Waals surface area contributed by atoms with Crippen LogP contribution in [-0.4, -0.2) is 30.0 Å². The molecule has 1 aromatic carbocycles. The molecule has 0 spiro atoms. The molecule has 2 rings (SSSR count). The predicted molar refractivity (Wildman–Crippen MR) is 76.5 cm³/mol. The summed E-state index contributed by atoms with van der Waals surface area (Å²) in [7, 11) is 0. The van der Waals surface area contributed by atoms with Crippen LogP contribution in [-0.2, 0) is 4.79 Å². The van der Waals surface area contributed by atoms with Crippen LogP contribution in [0, 0.1) is 5.92 Å². The first-order chi connectivity index (χ1) is 9.06. The maximum atomic E-state index is 12.3. The van der Waals surface area contributed by atoms with Gasteiger partial charge in [0.05, 0.1) is 0 Å². The van der Waals surface area contributed by atoms with E-state index in [9.17, 15) is 4.79 Å². The van der Waals surface area contributed by atoms with Crippen molar-refractivity contribution in [2.24, 2.45) is 5.92 Å². The molecule has 0 unspecified atom stereocenters. The summed E-state index contributed by atoms with van der Waals surface area (Å²) in [5, 5.41) is 0.615. The number of likely N-dealkylation sites (tertiary alicyclic amines) is 1. The van der Waals surface area contributed by atoms with Gasteiger partial charge in [-0.1, -0.05) is 24.6 Å². The molecule has 1 saturated heterocycles. The van der Waals surface area contributed by atoms with Crippen LogP contribution in [0.3, 0.4) is 0 Å². The molecule has 3 nitrogen and oxygen atoms in total. The Morgan fingerprint density at radius 1 is 1.42 bits per heavy atom. The first-order valence-corrected chi connectivity index (χ1v) is 7.15. The summed E-state index contributed by atoms with van der Waals surface area (Å²) >= 11 is 5.90. The molecule has 1 atom stereocenters. The fourth-order valence-corrected chi connectivity index (χ4v) is 2.46. The van der Waals surface area contributed by atoms with Crippen LogP contribution < -0.4 is 4.74 Å².